The molecule has 3 aliphatic heterocycles. The molecule has 0 bridgehead atoms. The molecule has 3 rings (SSSR count). The number of hydrogen-bond acceptors (Lipinski definition) is 16. The van der Waals surface area contributed by atoms with Gasteiger partial charge in [0.1, 0.15) is 73.2 Å². The number of hydrogen-bond donors (Lipinski definition) is 10. The minimum Gasteiger partial charge on any atom is -0.394 e. The van der Waals surface area contributed by atoms with Gasteiger partial charge in [0.05, 0.1) is 19.8 Å². The van der Waals surface area contributed by atoms with E-state index in [0.29, 0.717) is 0 Å². The van der Waals surface area contributed by atoms with E-state index in [2.05, 4.69) is 0 Å². The maximum Gasteiger partial charge on any atom is 0.187 e. The zero-order valence-electron chi connectivity index (χ0n) is 18.7. The van der Waals surface area contributed by atoms with Crippen LogP contribution in [-0.2, 0) is 28.4 Å². The van der Waals surface area contributed by atoms with Crippen molar-refractivity contribution in [1.29, 1.82) is 0 Å². The molecule has 0 aromatic heterocycles. The van der Waals surface area contributed by atoms with Crippen molar-refractivity contribution in [2.75, 3.05) is 26.9 Å². The summed E-state index contributed by atoms with van der Waals surface area (Å²) in [6, 6.07) is 0. The largest absolute Gasteiger partial charge is 0.394 e. The summed E-state index contributed by atoms with van der Waals surface area (Å²) in [5.74, 6) is 0. The number of methoxy groups -OCH3 is 1. The third kappa shape index (κ3) is 5.93. The molecular weight excluding hydrogens is 484 g/mol. The SMILES string of the molecule is COC[C@H]1O[C@@H](O)[C@H](O)[C@@H](O)[C@@H]1O[C@H]1O[C@H](CO)[C@@H](O[C@H]2O[C@H](CO)[C@@H](O)[C@H](O)[C@H]2O)[C@H](O)[C@H]1O. The molecule has 16 nitrogen and oxygen atoms in total. The van der Waals surface area contributed by atoms with Gasteiger partial charge in [-0.25, -0.2) is 0 Å². The summed E-state index contributed by atoms with van der Waals surface area (Å²) in [6.45, 7) is -1.72. The highest BCUT2D eigenvalue weighted by molar-refractivity contribution is 4.96. The molecule has 3 fully saturated rings. The van der Waals surface area contributed by atoms with Crippen molar-refractivity contribution in [2.45, 2.75) is 92.1 Å². The summed E-state index contributed by atoms with van der Waals surface area (Å²) in [4.78, 5) is 0. The van der Waals surface area contributed by atoms with Crippen LogP contribution in [0.1, 0.15) is 0 Å². The van der Waals surface area contributed by atoms with E-state index in [1.54, 1.807) is 0 Å². The van der Waals surface area contributed by atoms with Crippen molar-refractivity contribution >= 4 is 0 Å². The lowest BCUT2D eigenvalue weighted by Crippen LogP contribution is -2.66. The van der Waals surface area contributed by atoms with Crippen LogP contribution in [0.4, 0.5) is 0 Å². The molecule has 0 aromatic rings. The average Bonchev–Trinajstić information content (AvgIpc) is 2.84. The van der Waals surface area contributed by atoms with E-state index in [1.807, 2.05) is 0 Å². The van der Waals surface area contributed by atoms with Crippen molar-refractivity contribution in [2.24, 2.45) is 0 Å². The van der Waals surface area contributed by atoms with Gasteiger partial charge in [0.2, 0.25) is 0 Å². The lowest BCUT2D eigenvalue weighted by Gasteiger charge is -2.47. The standard InChI is InChI=1S/C19H34O16/c1-30-4-7-16(10(24)12(26)17(29)31-7)35-19-14(28)11(25)15(6(3-21)33-19)34-18-13(27)9(23)8(22)5(2-20)32-18/h5-29H,2-4H2,1H3/t5-,6-,7-,8-,9+,10-,11-,12-,13-,14-,15-,16-,17-,18-,19-/m1/s1. The normalized spacial score (nSPS) is 51.3. The van der Waals surface area contributed by atoms with Crippen LogP contribution in [-0.4, -0.2) is 170 Å². The predicted molar refractivity (Wildman–Crippen MR) is 106 cm³/mol. The highest BCUT2D eigenvalue weighted by atomic mass is 16.8. The Morgan fingerprint density at radius 2 is 1.03 bits per heavy atom. The Morgan fingerprint density at radius 1 is 0.543 bits per heavy atom. The van der Waals surface area contributed by atoms with Crippen LogP contribution in [0, 0.1) is 0 Å². The maximum atomic E-state index is 10.7. The predicted octanol–water partition coefficient (Wildman–Crippen LogP) is -6.92. The first-order valence-electron chi connectivity index (χ1n) is 11.0. The fourth-order valence-corrected chi connectivity index (χ4v) is 4.21. The molecule has 0 aliphatic carbocycles. The monoisotopic (exact) mass is 518 g/mol. The number of aliphatic hydroxyl groups is 10. The molecule has 0 spiro atoms. The van der Waals surface area contributed by atoms with Gasteiger partial charge in [0.15, 0.2) is 18.9 Å². The Bertz CT molecular complexity index is 652. The molecule has 3 saturated heterocycles. The summed E-state index contributed by atoms with van der Waals surface area (Å²) >= 11 is 0. The Hall–Kier alpha value is -0.640. The lowest BCUT2D eigenvalue weighted by atomic mass is 9.96. The Kier molecular flexibility index (Phi) is 10.1. The molecule has 16 heteroatoms. The van der Waals surface area contributed by atoms with Gasteiger partial charge in [-0.3, -0.25) is 0 Å². The molecule has 0 amide bonds. The summed E-state index contributed by atoms with van der Waals surface area (Å²) in [5.41, 5.74) is 0. The minimum absolute atomic E-state index is 0.191. The number of rotatable bonds is 8. The van der Waals surface area contributed by atoms with Gasteiger partial charge in [-0.2, -0.15) is 0 Å². The molecule has 10 N–H and O–H groups in total. The molecular formula is C19H34O16. The van der Waals surface area contributed by atoms with Gasteiger partial charge in [0.25, 0.3) is 0 Å². The summed E-state index contributed by atoms with van der Waals surface area (Å²) < 4.78 is 31.9. The minimum atomic E-state index is -1.87. The quantitative estimate of drug-likeness (QED) is 0.143. The molecule has 206 valence electrons. The van der Waals surface area contributed by atoms with E-state index in [0.717, 1.165) is 0 Å². The molecule has 0 radical (unpaired) electrons. The Labute approximate surface area is 199 Å². The van der Waals surface area contributed by atoms with Crippen molar-refractivity contribution in [1.82, 2.24) is 0 Å². The zero-order valence-corrected chi connectivity index (χ0v) is 18.7. The van der Waals surface area contributed by atoms with Gasteiger partial charge < -0.3 is 79.5 Å². The second kappa shape index (κ2) is 12.3. The topological polar surface area (TPSA) is 258 Å². The van der Waals surface area contributed by atoms with Crippen LogP contribution in [0.5, 0.6) is 0 Å². The van der Waals surface area contributed by atoms with Crippen molar-refractivity contribution < 1.29 is 79.5 Å². The second-order valence-corrected chi connectivity index (χ2v) is 8.61. The van der Waals surface area contributed by atoms with Crippen molar-refractivity contribution in [3.8, 4) is 0 Å². The van der Waals surface area contributed by atoms with Crippen molar-refractivity contribution in [3.63, 3.8) is 0 Å². The highest BCUT2D eigenvalue weighted by Crippen LogP contribution is 2.32. The lowest BCUT2D eigenvalue weighted by molar-refractivity contribution is -0.377. The maximum absolute atomic E-state index is 10.7. The van der Waals surface area contributed by atoms with Crippen molar-refractivity contribution in [3.05, 3.63) is 0 Å². The van der Waals surface area contributed by atoms with Crippen LogP contribution in [0.2, 0.25) is 0 Å². The first kappa shape index (κ1) is 28.9. The highest BCUT2D eigenvalue weighted by Gasteiger charge is 2.53. The van der Waals surface area contributed by atoms with E-state index in [9.17, 15) is 51.1 Å². The molecule has 3 heterocycles. The summed E-state index contributed by atoms with van der Waals surface area (Å²) in [5, 5.41) is 100. The van der Waals surface area contributed by atoms with Crippen LogP contribution in [0.15, 0.2) is 0 Å². The van der Waals surface area contributed by atoms with Crippen LogP contribution in [0.25, 0.3) is 0 Å². The average molecular weight is 518 g/mol. The fraction of sp³-hybridized carbons (Fsp3) is 1.00. The summed E-state index contributed by atoms with van der Waals surface area (Å²) in [6.07, 6.45) is -24.3. The smallest absolute Gasteiger partial charge is 0.187 e. The third-order valence-corrected chi connectivity index (χ3v) is 6.24. The fourth-order valence-electron chi connectivity index (χ4n) is 4.21. The van der Waals surface area contributed by atoms with E-state index in [1.165, 1.54) is 7.11 Å². The van der Waals surface area contributed by atoms with Crippen LogP contribution >= 0.6 is 0 Å². The Balaban J connectivity index is 1.72. The molecule has 0 saturated carbocycles. The van der Waals surface area contributed by atoms with E-state index < -0.39 is 105 Å². The summed E-state index contributed by atoms with van der Waals surface area (Å²) in [7, 11) is 1.31. The molecule has 0 unspecified atom stereocenters. The molecule has 0 aromatic carbocycles. The Morgan fingerprint density at radius 3 is 1.57 bits per heavy atom. The van der Waals surface area contributed by atoms with Gasteiger partial charge in [-0.15, -0.1) is 0 Å². The van der Waals surface area contributed by atoms with Gasteiger partial charge in [0, 0.05) is 7.11 Å². The first-order chi connectivity index (χ1) is 16.5. The van der Waals surface area contributed by atoms with Crippen LogP contribution < -0.4 is 0 Å². The van der Waals surface area contributed by atoms with E-state index in [4.69, 9.17) is 28.4 Å². The van der Waals surface area contributed by atoms with Gasteiger partial charge >= 0.3 is 0 Å². The molecule has 3 aliphatic rings. The van der Waals surface area contributed by atoms with E-state index >= 15 is 0 Å². The first-order valence-corrected chi connectivity index (χ1v) is 11.0. The molecule has 15 atom stereocenters. The number of ether oxygens (including phenoxy) is 6. The van der Waals surface area contributed by atoms with Gasteiger partial charge in [-0.1, -0.05) is 0 Å². The van der Waals surface area contributed by atoms with Gasteiger partial charge in [-0.05, 0) is 0 Å². The second-order valence-electron chi connectivity index (χ2n) is 8.61. The van der Waals surface area contributed by atoms with Crippen LogP contribution in [0.3, 0.4) is 0 Å². The number of aliphatic hydroxyl groups excluding tert-OH is 10. The van der Waals surface area contributed by atoms with E-state index in [-0.39, 0.29) is 6.61 Å². The molecule has 35 heavy (non-hydrogen) atoms. The zero-order chi connectivity index (χ0) is 26.0. The third-order valence-electron chi connectivity index (χ3n) is 6.24.